The Kier molecular flexibility index (Phi) is 12.6. The molecule has 0 heterocycles. The first-order chi connectivity index (χ1) is 25.3. The van der Waals surface area contributed by atoms with E-state index in [4.69, 9.17) is 22.6 Å². The predicted molar refractivity (Wildman–Crippen MR) is 189 cm³/mol. The third kappa shape index (κ3) is 11.4. The zero-order valence-corrected chi connectivity index (χ0v) is 32.0. The molecule has 9 nitrogen and oxygen atoms in total. The highest BCUT2D eigenvalue weighted by Gasteiger charge is 2.45. The Morgan fingerprint density at radius 3 is 1.38 bits per heavy atom. The van der Waals surface area contributed by atoms with Gasteiger partial charge in [-0.05, 0) is 106 Å². The molecule has 4 aromatic carbocycles. The minimum atomic E-state index is -5.64. The van der Waals surface area contributed by atoms with Crippen LogP contribution in [0.4, 0.5) is 26.3 Å². The van der Waals surface area contributed by atoms with Crippen molar-refractivity contribution in [2.24, 2.45) is 0 Å². The maximum Gasteiger partial charge on any atom is 0.417 e. The number of hydrogen-bond donors (Lipinski definition) is 0. The van der Waals surface area contributed by atoms with E-state index in [0.29, 0.717) is 0 Å². The number of rotatable bonds is 12. The molecule has 0 unspecified atom stereocenters. The van der Waals surface area contributed by atoms with Gasteiger partial charge in [-0.3, -0.25) is 0 Å². The van der Waals surface area contributed by atoms with Gasteiger partial charge in [0.2, 0.25) is 0 Å². The van der Waals surface area contributed by atoms with Crippen LogP contribution in [0.2, 0.25) is 0 Å². The molecule has 0 amide bonds. The summed E-state index contributed by atoms with van der Waals surface area (Å²) in [7, 11) is -9.43. The summed E-state index contributed by atoms with van der Waals surface area (Å²) in [6.07, 6.45) is -10.8. The van der Waals surface area contributed by atoms with E-state index in [9.17, 15) is 44.3 Å². The number of esters is 2. The highest BCUT2D eigenvalue weighted by atomic mass is 32.3. The van der Waals surface area contributed by atoms with Crippen molar-refractivity contribution >= 4 is 32.4 Å². The molecule has 0 spiro atoms. The average molecular weight is 817 g/mol. The monoisotopic (exact) mass is 816 g/mol. The molecule has 298 valence electrons. The molecule has 0 aliphatic rings. The van der Waals surface area contributed by atoms with Crippen LogP contribution in [-0.2, 0) is 45.2 Å². The van der Waals surface area contributed by atoms with E-state index in [0.717, 1.165) is 0 Å². The van der Waals surface area contributed by atoms with Gasteiger partial charge in [0.05, 0.1) is 11.1 Å². The van der Waals surface area contributed by atoms with Crippen LogP contribution in [0.3, 0.4) is 0 Å². The Morgan fingerprint density at radius 2 is 1.00 bits per heavy atom. The molecule has 4 rings (SSSR count). The molecule has 0 aliphatic carbocycles. The van der Waals surface area contributed by atoms with Crippen molar-refractivity contribution in [1.82, 2.24) is 0 Å². The van der Waals surface area contributed by atoms with Gasteiger partial charge < -0.3 is 18.9 Å². The van der Waals surface area contributed by atoms with Crippen molar-refractivity contribution in [1.29, 1.82) is 0 Å². The molecular weight excluding hydrogens is 779 g/mol. The normalized spacial score (nSPS) is 13.2. The van der Waals surface area contributed by atoms with Crippen LogP contribution >= 0.6 is 10.3 Å². The Hall–Kier alpha value is -4.74. The second kappa shape index (κ2) is 16.2. The number of ether oxygens (including phenoxy) is 4. The van der Waals surface area contributed by atoms with Gasteiger partial charge >= 0.3 is 34.4 Å². The molecule has 0 fully saturated rings. The Balaban J connectivity index is 2.01. The largest absolute Gasteiger partial charge is 0.482 e. The number of carbonyl (C=O) groups excluding carboxylic acids is 2. The van der Waals surface area contributed by atoms with Gasteiger partial charge in [0.1, 0.15) is 27.6 Å². The SMILES string of the molecule is CC(C)(C)OC(=O)COc1cc(OCC(=O)OC(C)(C)C)cc(S(OS(=O)(=O)c2ccc(C(F)(F)F)cc2C(F)(F)F)(c2ccccc2)c2ccccc2)c1. The average Bonchev–Trinajstić information content (AvgIpc) is 3.07. The zero-order chi connectivity index (χ0) is 41.0. The van der Waals surface area contributed by atoms with Crippen molar-refractivity contribution in [3.63, 3.8) is 0 Å². The fourth-order valence-corrected chi connectivity index (χ4v) is 10.4. The molecule has 4 aromatic rings. The van der Waals surface area contributed by atoms with E-state index < -0.39 is 85.2 Å². The third-order valence-corrected chi connectivity index (χ3v) is 12.2. The van der Waals surface area contributed by atoms with E-state index in [2.05, 4.69) is 0 Å². The predicted octanol–water partition coefficient (Wildman–Crippen LogP) is 9.77. The Bertz CT molecular complexity index is 2000. The van der Waals surface area contributed by atoms with E-state index in [-0.39, 0.29) is 44.4 Å². The van der Waals surface area contributed by atoms with Gasteiger partial charge in [-0.25, -0.2) is 13.2 Å². The topological polar surface area (TPSA) is 114 Å². The molecule has 0 saturated heterocycles. The van der Waals surface area contributed by atoms with E-state index >= 15 is 0 Å². The van der Waals surface area contributed by atoms with Crippen LogP contribution in [0.25, 0.3) is 0 Å². The Labute approximate surface area is 316 Å². The number of benzene rings is 4. The Morgan fingerprint density at radius 1 is 0.564 bits per heavy atom. The van der Waals surface area contributed by atoms with Crippen molar-refractivity contribution < 1.29 is 66.9 Å². The summed E-state index contributed by atoms with van der Waals surface area (Å²) in [5, 5.41) is 0. The van der Waals surface area contributed by atoms with Crippen molar-refractivity contribution in [2.75, 3.05) is 13.2 Å². The lowest BCUT2D eigenvalue weighted by Gasteiger charge is -2.39. The number of hydrogen-bond acceptors (Lipinski definition) is 9. The molecule has 0 aliphatic heterocycles. The van der Waals surface area contributed by atoms with Crippen LogP contribution in [0, 0.1) is 0 Å². The first-order valence-corrected chi connectivity index (χ1v) is 19.3. The minimum absolute atomic E-state index is 0.0881. The van der Waals surface area contributed by atoms with Gasteiger partial charge in [0, 0.05) is 20.8 Å². The van der Waals surface area contributed by atoms with Gasteiger partial charge in [-0.1, -0.05) is 36.4 Å². The number of alkyl halides is 6. The molecule has 0 aromatic heterocycles. The van der Waals surface area contributed by atoms with Crippen molar-refractivity contribution in [3.8, 4) is 11.5 Å². The van der Waals surface area contributed by atoms with Crippen molar-refractivity contribution in [2.45, 2.75) is 84.7 Å². The van der Waals surface area contributed by atoms with Crippen LogP contribution in [0.1, 0.15) is 52.7 Å². The second-order valence-corrected chi connectivity index (χ2v) is 18.2. The lowest BCUT2D eigenvalue weighted by molar-refractivity contribution is -0.158. The fourth-order valence-electron chi connectivity index (χ4n) is 4.97. The lowest BCUT2D eigenvalue weighted by Crippen LogP contribution is -2.27. The number of carbonyl (C=O) groups is 2. The summed E-state index contributed by atoms with van der Waals surface area (Å²) in [5.74, 6) is -1.87. The second-order valence-electron chi connectivity index (χ2n) is 13.8. The highest BCUT2D eigenvalue weighted by Crippen LogP contribution is 2.71. The summed E-state index contributed by atoms with van der Waals surface area (Å²) < 4.78 is 141. The van der Waals surface area contributed by atoms with Gasteiger partial charge in [-0.15, -0.1) is 0 Å². The maximum atomic E-state index is 14.4. The van der Waals surface area contributed by atoms with E-state index in [1.165, 1.54) is 66.7 Å². The maximum absolute atomic E-state index is 14.4. The molecule has 0 saturated carbocycles. The van der Waals surface area contributed by atoms with Gasteiger partial charge in [0.25, 0.3) is 0 Å². The molecular formula is C38H38F6O9S2. The van der Waals surface area contributed by atoms with Gasteiger partial charge in [0.15, 0.2) is 13.2 Å². The third-order valence-electron chi connectivity index (χ3n) is 6.96. The number of halogens is 6. The molecule has 0 bridgehead atoms. The summed E-state index contributed by atoms with van der Waals surface area (Å²) in [6, 6.07) is 18.9. The molecule has 17 heteroatoms. The van der Waals surface area contributed by atoms with E-state index in [1.807, 2.05) is 0 Å². The first kappa shape index (κ1) is 43.0. The summed E-state index contributed by atoms with van der Waals surface area (Å²) in [4.78, 5) is 23.8. The quantitative estimate of drug-likeness (QED) is 0.102. The fraction of sp³-hybridized carbons (Fsp3) is 0.316. The van der Waals surface area contributed by atoms with Gasteiger partial charge in [-0.2, -0.15) is 34.8 Å². The highest BCUT2D eigenvalue weighted by molar-refractivity contribution is 8.33. The van der Waals surface area contributed by atoms with Crippen molar-refractivity contribution in [3.05, 3.63) is 108 Å². The lowest BCUT2D eigenvalue weighted by atomic mass is 10.1. The smallest absolute Gasteiger partial charge is 0.417 e. The first-order valence-electron chi connectivity index (χ1n) is 16.3. The van der Waals surface area contributed by atoms with E-state index in [1.54, 1.807) is 53.7 Å². The molecule has 55 heavy (non-hydrogen) atoms. The van der Waals surface area contributed by atoms with Crippen LogP contribution < -0.4 is 9.47 Å². The van der Waals surface area contributed by atoms with Crippen LogP contribution in [-0.4, -0.2) is 44.8 Å². The summed E-state index contributed by atoms with van der Waals surface area (Å²) >= 11 is 0. The zero-order valence-electron chi connectivity index (χ0n) is 30.4. The molecule has 0 radical (unpaired) electrons. The molecule has 0 atom stereocenters. The summed E-state index contributed by atoms with van der Waals surface area (Å²) in [5.41, 5.74) is -5.61. The standard InChI is InChI=1S/C38H38F6O9S2/c1-35(2,3)51-33(45)23-49-26-20-27(50-24-34(46)52-36(4,5)6)22-30(21-26)54(28-13-9-7-10-14-28,29-15-11-8-12-16-29)53-55(47,48)32-18-17-25(37(39,40)41)19-31(32)38(42,43)44/h7-22H,23-24H2,1-6H3. The summed E-state index contributed by atoms with van der Waals surface area (Å²) in [6.45, 7) is 8.45. The minimum Gasteiger partial charge on any atom is -0.482 e. The molecule has 0 N–H and O–H groups in total. The van der Waals surface area contributed by atoms with Crippen LogP contribution in [0.5, 0.6) is 11.5 Å². The van der Waals surface area contributed by atoms with Crippen LogP contribution in [0.15, 0.2) is 117 Å².